The molecule has 3 aromatic rings. The van der Waals surface area contributed by atoms with Crippen LogP contribution in [0.25, 0.3) is 0 Å². The lowest BCUT2D eigenvalue weighted by Gasteiger charge is -2.26. The van der Waals surface area contributed by atoms with Crippen molar-refractivity contribution in [3.63, 3.8) is 0 Å². The molecule has 164 valence electrons. The smallest absolute Gasteiger partial charge is 0.345 e. The SMILES string of the molecule is CC(=O)Nc1ccc(OC(=O)c2ccccc2N(CCO[N+](=O)[O-])c2ccccc2)cc1. The van der Waals surface area contributed by atoms with Gasteiger partial charge in [0.1, 0.15) is 12.4 Å². The van der Waals surface area contributed by atoms with E-state index >= 15 is 0 Å². The second kappa shape index (κ2) is 10.6. The second-order valence-electron chi connectivity index (χ2n) is 6.66. The van der Waals surface area contributed by atoms with Crippen LogP contribution in [-0.4, -0.2) is 30.1 Å². The van der Waals surface area contributed by atoms with Crippen molar-refractivity contribution in [2.45, 2.75) is 6.92 Å². The third-order valence-corrected chi connectivity index (χ3v) is 4.38. The molecule has 3 rings (SSSR count). The maximum atomic E-state index is 13.0. The lowest BCUT2D eigenvalue weighted by molar-refractivity contribution is -0.757. The number of carbonyl (C=O) groups is 2. The minimum absolute atomic E-state index is 0.140. The van der Waals surface area contributed by atoms with E-state index in [2.05, 4.69) is 10.2 Å². The van der Waals surface area contributed by atoms with Crippen LogP contribution >= 0.6 is 0 Å². The van der Waals surface area contributed by atoms with Gasteiger partial charge in [0.25, 0.3) is 5.09 Å². The standard InChI is InChI=1S/C23H21N3O6/c1-17(27)24-18-11-13-20(14-12-18)32-23(28)21-9-5-6-10-22(21)25(15-16-31-26(29)30)19-7-3-2-4-8-19/h2-14H,15-16H2,1H3,(H,24,27). The summed E-state index contributed by atoms with van der Waals surface area (Å²) in [5.41, 5.74) is 2.12. The first-order chi connectivity index (χ1) is 15.4. The maximum absolute atomic E-state index is 13.0. The summed E-state index contributed by atoms with van der Waals surface area (Å²) in [6.07, 6.45) is 0. The van der Waals surface area contributed by atoms with Crippen molar-refractivity contribution in [3.05, 3.63) is 94.5 Å². The molecule has 0 saturated carbocycles. The molecule has 0 unspecified atom stereocenters. The van der Waals surface area contributed by atoms with E-state index < -0.39 is 11.1 Å². The number of amides is 1. The van der Waals surface area contributed by atoms with E-state index in [0.717, 1.165) is 5.69 Å². The number of carbonyl (C=O) groups excluding carboxylic acids is 2. The third-order valence-electron chi connectivity index (χ3n) is 4.38. The zero-order valence-electron chi connectivity index (χ0n) is 17.3. The van der Waals surface area contributed by atoms with Gasteiger partial charge in [0, 0.05) is 24.8 Å². The van der Waals surface area contributed by atoms with Crippen LogP contribution in [-0.2, 0) is 9.63 Å². The molecule has 0 saturated heterocycles. The Kier molecular flexibility index (Phi) is 7.37. The highest BCUT2D eigenvalue weighted by Crippen LogP contribution is 2.29. The van der Waals surface area contributed by atoms with Crippen LogP contribution < -0.4 is 15.0 Å². The van der Waals surface area contributed by atoms with Crippen LogP contribution in [0, 0.1) is 10.1 Å². The lowest BCUT2D eigenvalue weighted by Crippen LogP contribution is -2.26. The number of hydrogen-bond acceptors (Lipinski definition) is 7. The summed E-state index contributed by atoms with van der Waals surface area (Å²) < 4.78 is 5.51. The predicted octanol–water partition coefficient (Wildman–Crippen LogP) is 4.21. The third kappa shape index (κ3) is 6.05. The summed E-state index contributed by atoms with van der Waals surface area (Å²) in [5.74, 6) is -0.489. The molecule has 0 atom stereocenters. The van der Waals surface area contributed by atoms with Gasteiger partial charge in [0.2, 0.25) is 5.91 Å². The van der Waals surface area contributed by atoms with Gasteiger partial charge in [0.05, 0.1) is 11.3 Å². The highest BCUT2D eigenvalue weighted by Gasteiger charge is 2.19. The molecule has 1 amide bonds. The lowest BCUT2D eigenvalue weighted by atomic mass is 10.1. The van der Waals surface area contributed by atoms with E-state index in [0.29, 0.717) is 17.1 Å². The summed E-state index contributed by atoms with van der Waals surface area (Å²) in [6.45, 7) is 1.36. The fourth-order valence-corrected chi connectivity index (χ4v) is 3.06. The number of rotatable bonds is 9. The summed E-state index contributed by atoms with van der Waals surface area (Å²) in [4.78, 5) is 40.9. The van der Waals surface area contributed by atoms with Crippen molar-refractivity contribution < 1.29 is 24.3 Å². The topological polar surface area (TPSA) is 111 Å². The van der Waals surface area contributed by atoms with E-state index in [4.69, 9.17) is 4.74 Å². The van der Waals surface area contributed by atoms with Gasteiger partial charge in [0.15, 0.2) is 0 Å². The van der Waals surface area contributed by atoms with Gasteiger partial charge in [-0.25, -0.2) is 4.79 Å². The summed E-state index contributed by atoms with van der Waals surface area (Å²) in [7, 11) is 0. The van der Waals surface area contributed by atoms with Crippen LogP contribution in [0.3, 0.4) is 0 Å². The average molecular weight is 435 g/mol. The molecule has 0 aliphatic rings. The molecule has 0 spiro atoms. The number of esters is 1. The Morgan fingerprint density at radius 1 is 0.969 bits per heavy atom. The largest absolute Gasteiger partial charge is 0.423 e. The van der Waals surface area contributed by atoms with Crippen LogP contribution in [0.4, 0.5) is 17.1 Å². The molecule has 9 nitrogen and oxygen atoms in total. The number of nitrogens with zero attached hydrogens (tertiary/aromatic N) is 2. The van der Waals surface area contributed by atoms with Gasteiger partial charge in [-0.05, 0) is 48.5 Å². The van der Waals surface area contributed by atoms with Gasteiger partial charge < -0.3 is 19.8 Å². The Balaban J connectivity index is 1.85. The summed E-state index contributed by atoms with van der Waals surface area (Å²) in [5, 5.41) is 12.4. The number of benzene rings is 3. The predicted molar refractivity (Wildman–Crippen MR) is 119 cm³/mol. The van der Waals surface area contributed by atoms with Gasteiger partial charge >= 0.3 is 5.97 Å². The molecule has 0 aliphatic carbocycles. The number of anilines is 3. The quantitative estimate of drug-likeness (QED) is 0.232. The van der Waals surface area contributed by atoms with Crippen molar-refractivity contribution in [1.29, 1.82) is 0 Å². The van der Waals surface area contributed by atoms with Crippen LogP contribution in [0.2, 0.25) is 0 Å². The molecule has 0 bridgehead atoms. The van der Waals surface area contributed by atoms with E-state index in [1.807, 2.05) is 30.3 Å². The van der Waals surface area contributed by atoms with Crippen molar-refractivity contribution in [1.82, 2.24) is 0 Å². The van der Waals surface area contributed by atoms with Crippen molar-refractivity contribution >= 4 is 28.9 Å². The Morgan fingerprint density at radius 3 is 2.28 bits per heavy atom. The van der Waals surface area contributed by atoms with Gasteiger partial charge in [-0.3, -0.25) is 4.79 Å². The first kappa shape index (κ1) is 22.3. The Morgan fingerprint density at radius 2 is 1.62 bits per heavy atom. The second-order valence-corrected chi connectivity index (χ2v) is 6.66. The van der Waals surface area contributed by atoms with E-state index in [1.54, 1.807) is 53.4 Å². The fraction of sp³-hybridized carbons (Fsp3) is 0.130. The first-order valence-electron chi connectivity index (χ1n) is 9.73. The highest BCUT2D eigenvalue weighted by atomic mass is 16.9. The molecule has 3 aromatic carbocycles. The van der Waals surface area contributed by atoms with Gasteiger partial charge in [-0.2, -0.15) is 0 Å². The van der Waals surface area contributed by atoms with Gasteiger partial charge in [-0.15, -0.1) is 10.1 Å². The van der Waals surface area contributed by atoms with Crippen LogP contribution in [0.1, 0.15) is 17.3 Å². The molecule has 0 heterocycles. The monoisotopic (exact) mass is 435 g/mol. The highest BCUT2D eigenvalue weighted by molar-refractivity contribution is 5.98. The minimum Gasteiger partial charge on any atom is -0.423 e. The fourth-order valence-electron chi connectivity index (χ4n) is 3.06. The minimum atomic E-state index is -0.853. The molecular weight excluding hydrogens is 414 g/mol. The van der Waals surface area contributed by atoms with Gasteiger partial charge in [-0.1, -0.05) is 30.3 Å². The van der Waals surface area contributed by atoms with Crippen molar-refractivity contribution in [2.75, 3.05) is 23.4 Å². The zero-order valence-corrected chi connectivity index (χ0v) is 17.3. The Hall–Kier alpha value is -4.40. The number of hydrogen-bond donors (Lipinski definition) is 1. The Bertz CT molecular complexity index is 1090. The number of nitrogens with one attached hydrogen (secondary N) is 1. The summed E-state index contributed by atoms with van der Waals surface area (Å²) >= 11 is 0. The number of ether oxygens (including phenoxy) is 1. The molecule has 32 heavy (non-hydrogen) atoms. The van der Waals surface area contributed by atoms with Crippen LogP contribution in [0.15, 0.2) is 78.9 Å². The number of para-hydroxylation sites is 2. The summed E-state index contributed by atoms with van der Waals surface area (Å²) in [6, 6.07) is 22.4. The van der Waals surface area contributed by atoms with Crippen LogP contribution in [0.5, 0.6) is 5.75 Å². The zero-order chi connectivity index (χ0) is 22.9. The van der Waals surface area contributed by atoms with E-state index in [-0.39, 0.29) is 24.6 Å². The molecule has 0 radical (unpaired) electrons. The molecular formula is C23H21N3O6. The molecule has 0 fully saturated rings. The molecule has 0 aliphatic heterocycles. The van der Waals surface area contributed by atoms with Crippen molar-refractivity contribution in [3.8, 4) is 5.75 Å². The average Bonchev–Trinajstić information content (AvgIpc) is 2.78. The molecule has 9 heteroatoms. The molecule has 1 N–H and O–H groups in total. The molecule has 0 aromatic heterocycles. The van der Waals surface area contributed by atoms with E-state index in [9.17, 15) is 19.7 Å². The first-order valence-corrected chi connectivity index (χ1v) is 9.73. The van der Waals surface area contributed by atoms with E-state index in [1.165, 1.54) is 6.92 Å². The Labute approximate surface area is 184 Å². The maximum Gasteiger partial charge on any atom is 0.345 e. The van der Waals surface area contributed by atoms with Crippen molar-refractivity contribution in [2.24, 2.45) is 0 Å². The normalized spacial score (nSPS) is 10.2.